The smallest absolute Gasteiger partial charge is 0.195 e. The third-order valence-electron chi connectivity index (χ3n) is 3.21. The van der Waals surface area contributed by atoms with Gasteiger partial charge in [-0.15, -0.1) is 22.7 Å². The molecule has 0 aliphatic carbocycles. The molecule has 1 fully saturated rings. The topological polar surface area (TPSA) is 46.9 Å². The third kappa shape index (κ3) is 2.02. The van der Waals surface area contributed by atoms with Gasteiger partial charge in [0.25, 0.3) is 0 Å². The highest BCUT2D eigenvalue weighted by Gasteiger charge is 2.21. The third-order valence-corrected chi connectivity index (χ3v) is 4.62. The standard InChI is InChI=1S/C12H14N2O2S2/c15-11-9(1-7-17-11)13-3-5-14(6-4-13)10-2-8-18-12(10)16/h1-2,7-8,15-16H,3-6H2. The van der Waals surface area contributed by atoms with Crippen molar-refractivity contribution in [3.63, 3.8) is 0 Å². The molecule has 2 N–H and O–H groups in total. The molecule has 3 rings (SSSR count). The van der Waals surface area contributed by atoms with Gasteiger partial charge in [0.15, 0.2) is 10.1 Å². The molecule has 0 amide bonds. The van der Waals surface area contributed by atoms with E-state index in [0.29, 0.717) is 10.1 Å². The monoisotopic (exact) mass is 282 g/mol. The zero-order chi connectivity index (χ0) is 12.5. The van der Waals surface area contributed by atoms with Crippen molar-refractivity contribution in [3.8, 4) is 10.1 Å². The van der Waals surface area contributed by atoms with Crippen LogP contribution in [0.15, 0.2) is 22.9 Å². The van der Waals surface area contributed by atoms with Crippen LogP contribution >= 0.6 is 22.7 Å². The molecule has 3 heterocycles. The van der Waals surface area contributed by atoms with Crippen LogP contribution in [-0.2, 0) is 0 Å². The fourth-order valence-electron chi connectivity index (χ4n) is 2.26. The lowest BCUT2D eigenvalue weighted by atomic mass is 10.2. The van der Waals surface area contributed by atoms with E-state index in [0.717, 1.165) is 37.6 Å². The van der Waals surface area contributed by atoms with Gasteiger partial charge in [-0.25, -0.2) is 0 Å². The fraction of sp³-hybridized carbons (Fsp3) is 0.333. The van der Waals surface area contributed by atoms with Crippen molar-refractivity contribution in [2.45, 2.75) is 0 Å². The Bertz CT molecular complexity index is 481. The number of anilines is 2. The molecule has 1 aliphatic rings. The van der Waals surface area contributed by atoms with Gasteiger partial charge in [0.05, 0.1) is 11.4 Å². The molecule has 0 radical (unpaired) electrons. The number of hydrogen-bond donors (Lipinski definition) is 2. The lowest BCUT2D eigenvalue weighted by Gasteiger charge is -2.36. The Morgan fingerprint density at radius 2 is 1.17 bits per heavy atom. The van der Waals surface area contributed by atoms with Gasteiger partial charge in [0, 0.05) is 26.2 Å². The molecule has 0 spiro atoms. The first-order valence-corrected chi connectivity index (χ1v) is 7.54. The molecule has 0 aromatic carbocycles. The van der Waals surface area contributed by atoms with Crippen LogP contribution in [0.2, 0.25) is 0 Å². The van der Waals surface area contributed by atoms with E-state index in [1.165, 1.54) is 22.7 Å². The molecule has 1 aliphatic heterocycles. The van der Waals surface area contributed by atoms with E-state index in [-0.39, 0.29) is 0 Å². The summed E-state index contributed by atoms with van der Waals surface area (Å²) in [5.74, 6) is 0. The second-order valence-electron chi connectivity index (χ2n) is 4.20. The molecule has 0 unspecified atom stereocenters. The zero-order valence-electron chi connectivity index (χ0n) is 9.74. The maximum absolute atomic E-state index is 9.72. The van der Waals surface area contributed by atoms with Crippen LogP contribution in [-0.4, -0.2) is 36.4 Å². The van der Waals surface area contributed by atoms with Crippen molar-refractivity contribution in [2.24, 2.45) is 0 Å². The number of thiophene rings is 2. The van der Waals surface area contributed by atoms with Crippen LogP contribution in [0.1, 0.15) is 0 Å². The molecule has 2 aromatic rings. The summed E-state index contributed by atoms with van der Waals surface area (Å²) in [6.07, 6.45) is 0. The van der Waals surface area contributed by atoms with Crippen molar-refractivity contribution >= 4 is 34.0 Å². The lowest BCUT2D eigenvalue weighted by molar-refractivity contribution is 0.483. The van der Waals surface area contributed by atoms with Gasteiger partial charge >= 0.3 is 0 Å². The van der Waals surface area contributed by atoms with Crippen molar-refractivity contribution in [1.82, 2.24) is 0 Å². The van der Waals surface area contributed by atoms with Gasteiger partial charge in [-0.3, -0.25) is 0 Å². The second kappa shape index (κ2) is 4.70. The average molecular weight is 282 g/mol. The summed E-state index contributed by atoms with van der Waals surface area (Å²) in [7, 11) is 0. The van der Waals surface area contributed by atoms with Gasteiger partial charge < -0.3 is 20.0 Å². The molecule has 4 nitrogen and oxygen atoms in total. The quantitative estimate of drug-likeness (QED) is 0.888. The molecule has 96 valence electrons. The molecular weight excluding hydrogens is 268 g/mol. The SMILES string of the molecule is Oc1sccc1N1CCN(c2ccsc2O)CC1. The Labute approximate surface area is 113 Å². The first kappa shape index (κ1) is 11.7. The van der Waals surface area contributed by atoms with Gasteiger partial charge in [-0.2, -0.15) is 0 Å². The van der Waals surface area contributed by atoms with Crippen LogP contribution in [0.3, 0.4) is 0 Å². The summed E-state index contributed by atoms with van der Waals surface area (Å²) >= 11 is 2.72. The first-order valence-electron chi connectivity index (χ1n) is 5.78. The van der Waals surface area contributed by atoms with E-state index in [1.807, 2.05) is 22.9 Å². The van der Waals surface area contributed by atoms with Crippen molar-refractivity contribution in [3.05, 3.63) is 22.9 Å². The summed E-state index contributed by atoms with van der Waals surface area (Å²) in [5.41, 5.74) is 1.85. The van der Waals surface area contributed by atoms with E-state index in [2.05, 4.69) is 9.80 Å². The molecule has 6 heteroatoms. The molecule has 0 bridgehead atoms. The van der Waals surface area contributed by atoms with Crippen LogP contribution < -0.4 is 9.80 Å². The summed E-state index contributed by atoms with van der Waals surface area (Å²) < 4.78 is 0. The second-order valence-corrected chi connectivity index (χ2v) is 5.99. The van der Waals surface area contributed by atoms with Crippen molar-refractivity contribution < 1.29 is 10.2 Å². The number of hydrogen-bond acceptors (Lipinski definition) is 6. The van der Waals surface area contributed by atoms with Crippen molar-refractivity contribution in [2.75, 3.05) is 36.0 Å². The predicted molar refractivity (Wildman–Crippen MR) is 76.4 cm³/mol. The van der Waals surface area contributed by atoms with Gasteiger partial charge in [0.1, 0.15) is 0 Å². The van der Waals surface area contributed by atoms with Crippen molar-refractivity contribution in [1.29, 1.82) is 0 Å². The van der Waals surface area contributed by atoms with Gasteiger partial charge in [-0.05, 0) is 22.9 Å². The number of aromatic hydroxyl groups is 2. The Morgan fingerprint density at radius 3 is 1.44 bits per heavy atom. The Hall–Kier alpha value is -1.40. The minimum Gasteiger partial charge on any atom is -0.498 e. The number of rotatable bonds is 2. The molecule has 1 saturated heterocycles. The normalized spacial score (nSPS) is 16.2. The van der Waals surface area contributed by atoms with Crippen LogP contribution in [0.25, 0.3) is 0 Å². The summed E-state index contributed by atoms with van der Waals surface area (Å²) in [4.78, 5) is 4.37. The van der Waals surface area contributed by atoms with Crippen LogP contribution in [0.5, 0.6) is 10.1 Å². The van der Waals surface area contributed by atoms with Gasteiger partial charge in [0.2, 0.25) is 0 Å². The summed E-state index contributed by atoms with van der Waals surface area (Å²) in [6, 6.07) is 3.91. The summed E-state index contributed by atoms with van der Waals surface area (Å²) in [6.45, 7) is 3.44. The Kier molecular flexibility index (Phi) is 3.05. The van der Waals surface area contributed by atoms with E-state index in [9.17, 15) is 10.2 Å². The zero-order valence-corrected chi connectivity index (χ0v) is 11.4. The first-order chi connectivity index (χ1) is 8.75. The summed E-state index contributed by atoms with van der Waals surface area (Å²) in [5, 5.41) is 24.0. The molecular formula is C12H14N2O2S2. The highest BCUT2D eigenvalue weighted by atomic mass is 32.1. The van der Waals surface area contributed by atoms with Gasteiger partial charge in [-0.1, -0.05) is 0 Å². The largest absolute Gasteiger partial charge is 0.498 e. The number of piperazine rings is 1. The maximum Gasteiger partial charge on any atom is 0.195 e. The average Bonchev–Trinajstić information content (AvgIpc) is 2.98. The van der Waals surface area contributed by atoms with E-state index < -0.39 is 0 Å². The highest BCUT2D eigenvalue weighted by Crippen LogP contribution is 2.36. The molecule has 0 atom stereocenters. The minimum absolute atomic E-state index is 0.391. The molecule has 18 heavy (non-hydrogen) atoms. The van der Waals surface area contributed by atoms with Crippen LogP contribution in [0.4, 0.5) is 11.4 Å². The number of nitrogens with zero attached hydrogens (tertiary/aromatic N) is 2. The minimum atomic E-state index is 0.391. The van der Waals surface area contributed by atoms with E-state index in [1.54, 1.807) is 0 Å². The Morgan fingerprint density at radius 1 is 0.778 bits per heavy atom. The predicted octanol–water partition coefficient (Wildman–Crippen LogP) is 2.55. The molecule has 0 saturated carbocycles. The lowest BCUT2D eigenvalue weighted by Crippen LogP contribution is -2.46. The van der Waals surface area contributed by atoms with Crippen LogP contribution in [0, 0.1) is 0 Å². The highest BCUT2D eigenvalue weighted by molar-refractivity contribution is 7.12. The Balaban J connectivity index is 1.69. The maximum atomic E-state index is 9.72. The fourth-order valence-corrected chi connectivity index (χ4v) is 3.55. The molecule has 2 aromatic heterocycles. The van der Waals surface area contributed by atoms with E-state index in [4.69, 9.17) is 0 Å². The van der Waals surface area contributed by atoms with E-state index >= 15 is 0 Å².